The third-order valence-electron chi connectivity index (χ3n) is 2.87. The van der Waals surface area contributed by atoms with Crippen molar-refractivity contribution in [2.24, 2.45) is 0 Å². The van der Waals surface area contributed by atoms with Gasteiger partial charge in [0.25, 0.3) is 5.91 Å². The second-order valence-corrected chi connectivity index (χ2v) is 5.53. The zero-order chi connectivity index (χ0) is 14.5. The van der Waals surface area contributed by atoms with Crippen LogP contribution < -0.4 is 5.32 Å². The van der Waals surface area contributed by atoms with Crippen LogP contribution in [-0.4, -0.2) is 17.6 Å². The Balaban J connectivity index is 2.17. The Hall–Kier alpha value is -1.36. The monoisotopic (exact) mass is 353 g/mol. The summed E-state index contributed by atoms with van der Waals surface area (Å²) in [5.74, 6) is -0.267. The van der Waals surface area contributed by atoms with Crippen LogP contribution in [-0.2, 0) is 0 Å². The minimum absolute atomic E-state index is 0.166. The first-order valence-corrected chi connectivity index (χ1v) is 7.20. The predicted octanol–water partition coefficient (Wildman–Crippen LogP) is 3.57. The fourth-order valence-corrected chi connectivity index (χ4v) is 2.69. The first kappa shape index (κ1) is 15.0. The average molecular weight is 355 g/mol. The molecule has 0 aromatic heterocycles. The van der Waals surface area contributed by atoms with Crippen LogP contribution >= 0.6 is 27.5 Å². The molecule has 0 aliphatic carbocycles. The summed E-state index contributed by atoms with van der Waals surface area (Å²) in [6, 6.07) is 13.8. The molecular weight excluding hydrogens is 342 g/mol. The van der Waals surface area contributed by atoms with Gasteiger partial charge >= 0.3 is 0 Å². The van der Waals surface area contributed by atoms with Gasteiger partial charge in [0.1, 0.15) is 0 Å². The van der Waals surface area contributed by atoms with Crippen molar-refractivity contribution in [2.75, 3.05) is 6.61 Å². The Kier molecular flexibility index (Phi) is 5.17. The molecular formula is C15H13BrClNO2. The van der Waals surface area contributed by atoms with Crippen LogP contribution in [0.2, 0.25) is 5.02 Å². The molecule has 2 aromatic carbocycles. The summed E-state index contributed by atoms with van der Waals surface area (Å²) in [6.07, 6.45) is 0. The van der Waals surface area contributed by atoms with E-state index in [1.165, 1.54) is 0 Å². The number of benzene rings is 2. The summed E-state index contributed by atoms with van der Waals surface area (Å²) < 4.78 is 0.618. The second kappa shape index (κ2) is 6.88. The lowest BCUT2D eigenvalue weighted by molar-refractivity contribution is 0.0915. The first-order chi connectivity index (χ1) is 9.61. The highest BCUT2D eigenvalue weighted by atomic mass is 79.9. The molecule has 0 bridgehead atoms. The standard InChI is InChI=1S/C15H13BrClNO2/c16-13-8-11(17)6-7-12(13)15(20)18-14(9-19)10-4-2-1-3-5-10/h1-8,14,19H,9H2,(H,18,20)/t14-/m0/s1. The van der Waals surface area contributed by atoms with Gasteiger partial charge in [-0.25, -0.2) is 0 Å². The molecule has 2 aromatic rings. The molecule has 2 rings (SSSR count). The molecule has 0 saturated carbocycles. The number of hydrogen-bond donors (Lipinski definition) is 2. The topological polar surface area (TPSA) is 49.3 Å². The molecule has 0 unspecified atom stereocenters. The maximum absolute atomic E-state index is 12.2. The van der Waals surface area contributed by atoms with Crippen LogP contribution in [0.15, 0.2) is 53.0 Å². The number of amides is 1. The molecule has 1 amide bonds. The van der Waals surface area contributed by atoms with Crippen molar-refractivity contribution in [2.45, 2.75) is 6.04 Å². The summed E-state index contributed by atoms with van der Waals surface area (Å²) in [5, 5.41) is 12.8. The van der Waals surface area contributed by atoms with Crippen molar-refractivity contribution in [3.8, 4) is 0 Å². The number of carbonyl (C=O) groups excluding carboxylic acids is 1. The minimum Gasteiger partial charge on any atom is -0.394 e. The number of nitrogens with one attached hydrogen (secondary N) is 1. The molecule has 0 heterocycles. The van der Waals surface area contributed by atoms with Crippen LogP contribution in [0.4, 0.5) is 0 Å². The van der Waals surface area contributed by atoms with Gasteiger partial charge in [0.05, 0.1) is 18.2 Å². The van der Waals surface area contributed by atoms with E-state index in [0.29, 0.717) is 15.1 Å². The van der Waals surface area contributed by atoms with Crippen LogP contribution in [0.1, 0.15) is 22.0 Å². The Morgan fingerprint density at radius 2 is 1.95 bits per heavy atom. The maximum atomic E-state index is 12.2. The number of rotatable bonds is 4. The normalized spacial score (nSPS) is 11.9. The van der Waals surface area contributed by atoms with Gasteiger partial charge in [-0.2, -0.15) is 0 Å². The lowest BCUT2D eigenvalue weighted by Crippen LogP contribution is -2.31. The summed E-state index contributed by atoms with van der Waals surface area (Å²) in [6.45, 7) is -0.166. The Labute approximate surface area is 130 Å². The molecule has 0 saturated heterocycles. The van der Waals surface area contributed by atoms with Gasteiger partial charge in [-0.05, 0) is 39.7 Å². The van der Waals surface area contributed by atoms with E-state index in [0.717, 1.165) is 5.56 Å². The molecule has 0 radical (unpaired) electrons. The molecule has 0 aliphatic rings. The van der Waals surface area contributed by atoms with E-state index in [1.807, 2.05) is 30.3 Å². The zero-order valence-corrected chi connectivity index (χ0v) is 12.9. The number of halogens is 2. The smallest absolute Gasteiger partial charge is 0.252 e. The van der Waals surface area contributed by atoms with Crippen LogP contribution in [0, 0.1) is 0 Å². The van der Waals surface area contributed by atoms with E-state index < -0.39 is 6.04 Å². The van der Waals surface area contributed by atoms with Crippen molar-refractivity contribution in [1.82, 2.24) is 5.32 Å². The van der Waals surface area contributed by atoms with Crippen molar-refractivity contribution in [1.29, 1.82) is 0 Å². The Morgan fingerprint density at radius 1 is 1.25 bits per heavy atom. The van der Waals surface area contributed by atoms with Crippen molar-refractivity contribution >= 4 is 33.4 Å². The van der Waals surface area contributed by atoms with Gasteiger partial charge in [-0.1, -0.05) is 41.9 Å². The van der Waals surface area contributed by atoms with Crippen LogP contribution in [0.3, 0.4) is 0 Å². The lowest BCUT2D eigenvalue weighted by atomic mass is 10.1. The summed E-state index contributed by atoms with van der Waals surface area (Å²) in [4.78, 5) is 12.2. The summed E-state index contributed by atoms with van der Waals surface area (Å²) in [7, 11) is 0. The molecule has 0 fully saturated rings. The largest absolute Gasteiger partial charge is 0.394 e. The number of hydrogen-bond acceptors (Lipinski definition) is 2. The minimum atomic E-state index is -0.439. The molecule has 104 valence electrons. The maximum Gasteiger partial charge on any atom is 0.252 e. The Morgan fingerprint density at radius 3 is 2.55 bits per heavy atom. The lowest BCUT2D eigenvalue weighted by Gasteiger charge is -2.17. The van der Waals surface area contributed by atoms with Gasteiger partial charge in [0.15, 0.2) is 0 Å². The van der Waals surface area contributed by atoms with E-state index in [-0.39, 0.29) is 12.5 Å². The molecule has 0 spiro atoms. The van der Waals surface area contributed by atoms with Crippen molar-refractivity contribution in [3.63, 3.8) is 0 Å². The second-order valence-electron chi connectivity index (χ2n) is 4.24. The quantitative estimate of drug-likeness (QED) is 0.882. The first-order valence-electron chi connectivity index (χ1n) is 6.03. The highest BCUT2D eigenvalue weighted by molar-refractivity contribution is 9.10. The van der Waals surface area contributed by atoms with Gasteiger partial charge < -0.3 is 10.4 Å². The third-order valence-corrected chi connectivity index (χ3v) is 3.76. The molecule has 2 N–H and O–H groups in total. The molecule has 5 heteroatoms. The fraction of sp³-hybridized carbons (Fsp3) is 0.133. The highest BCUT2D eigenvalue weighted by Crippen LogP contribution is 2.22. The van der Waals surface area contributed by atoms with E-state index >= 15 is 0 Å². The number of aliphatic hydroxyl groups is 1. The molecule has 3 nitrogen and oxygen atoms in total. The summed E-state index contributed by atoms with van der Waals surface area (Å²) >= 11 is 9.16. The van der Waals surface area contributed by atoms with Crippen molar-refractivity contribution in [3.05, 3.63) is 69.2 Å². The van der Waals surface area contributed by atoms with Gasteiger partial charge in [0, 0.05) is 9.50 Å². The third kappa shape index (κ3) is 3.60. The zero-order valence-electron chi connectivity index (χ0n) is 10.5. The molecule has 20 heavy (non-hydrogen) atoms. The summed E-state index contributed by atoms with van der Waals surface area (Å²) in [5.41, 5.74) is 1.33. The SMILES string of the molecule is O=C(N[C@@H](CO)c1ccccc1)c1ccc(Cl)cc1Br. The van der Waals surface area contributed by atoms with E-state index in [4.69, 9.17) is 11.6 Å². The molecule has 1 atom stereocenters. The van der Waals surface area contributed by atoms with Crippen molar-refractivity contribution < 1.29 is 9.90 Å². The van der Waals surface area contributed by atoms with Gasteiger partial charge in [-0.3, -0.25) is 4.79 Å². The van der Waals surface area contributed by atoms with Gasteiger partial charge in [0.2, 0.25) is 0 Å². The van der Waals surface area contributed by atoms with E-state index in [1.54, 1.807) is 18.2 Å². The predicted molar refractivity (Wildman–Crippen MR) is 82.9 cm³/mol. The van der Waals surface area contributed by atoms with Gasteiger partial charge in [-0.15, -0.1) is 0 Å². The van der Waals surface area contributed by atoms with E-state index in [2.05, 4.69) is 21.2 Å². The average Bonchev–Trinajstić information content (AvgIpc) is 2.45. The van der Waals surface area contributed by atoms with E-state index in [9.17, 15) is 9.90 Å². The fourth-order valence-electron chi connectivity index (χ4n) is 1.83. The van der Waals surface area contributed by atoms with Crippen LogP contribution in [0.5, 0.6) is 0 Å². The Bertz CT molecular complexity index is 604. The number of aliphatic hydroxyl groups excluding tert-OH is 1. The molecule has 0 aliphatic heterocycles. The highest BCUT2D eigenvalue weighted by Gasteiger charge is 2.16. The number of carbonyl (C=O) groups is 1. The van der Waals surface area contributed by atoms with Crippen LogP contribution in [0.25, 0.3) is 0 Å².